The van der Waals surface area contributed by atoms with Gasteiger partial charge in [0.2, 0.25) is 0 Å². The van der Waals surface area contributed by atoms with E-state index >= 15 is 0 Å². The minimum absolute atomic E-state index is 0.166. The van der Waals surface area contributed by atoms with Crippen molar-refractivity contribution >= 4 is 17.8 Å². The molecule has 15 nitrogen and oxygen atoms in total. The van der Waals surface area contributed by atoms with E-state index in [0.717, 1.165) is 24.2 Å². The molecule has 0 fully saturated rings. The molecule has 0 N–H and O–H groups in total. The fourth-order valence-electron chi connectivity index (χ4n) is 3.69. The Balaban J connectivity index is 1.63. The number of unbranched alkanes of at least 4 members (excludes halogenated alkanes) is 2. The van der Waals surface area contributed by atoms with Crippen LogP contribution in [0.1, 0.15) is 32.6 Å². The summed E-state index contributed by atoms with van der Waals surface area (Å²) in [7, 11) is 0. The molecule has 2 amide bonds. The lowest BCUT2D eigenvalue weighted by Gasteiger charge is -2.13. The Kier molecular flexibility index (Phi) is 30.9. The van der Waals surface area contributed by atoms with Crippen LogP contribution in [0.4, 0.5) is 0 Å². The Hall–Kier alpha value is -2.05. The summed E-state index contributed by atoms with van der Waals surface area (Å²) in [6.07, 6.45) is 5.98. The van der Waals surface area contributed by atoms with Crippen molar-refractivity contribution in [1.82, 2.24) is 4.90 Å². The van der Waals surface area contributed by atoms with E-state index in [1.165, 1.54) is 12.2 Å². The number of esters is 1. The average Bonchev–Trinajstić information content (AvgIpc) is 3.39. The third kappa shape index (κ3) is 28.7. The van der Waals surface area contributed by atoms with Gasteiger partial charge in [0.1, 0.15) is 6.61 Å². The lowest BCUT2D eigenvalue weighted by molar-refractivity contribution is -0.145. The van der Waals surface area contributed by atoms with Gasteiger partial charge in [-0.15, -0.1) is 0 Å². The molecule has 0 saturated carbocycles. The molecule has 1 rings (SSSR count). The van der Waals surface area contributed by atoms with E-state index in [1.807, 2.05) is 0 Å². The van der Waals surface area contributed by atoms with Crippen LogP contribution in [0.15, 0.2) is 12.2 Å². The molecule has 0 bridgehead atoms. The van der Waals surface area contributed by atoms with Crippen molar-refractivity contribution < 1.29 is 66.5 Å². The Labute approximate surface area is 279 Å². The second-order valence-corrected chi connectivity index (χ2v) is 9.96. The first-order valence-electron chi connectivity index (χ1n) is 16.6. The van der Waals surface area contributed by atoms with Crippen molar-refractivity contribution in [3.63, 3.8) is 0 Å². The number of carbonyl (C=O) groups is 3. The van der Waals surface area contributed by atoms with Gasteiger partial charge in [-0.1, -0.05) is 19.8 Å². The molecule has 0 aromatic carbocycles. The molecule has 1 heterocycles. The number of hydrogen-bond acceptors (Lipinski definition) is 14. The number of rotatable bonds is 37. The summed E-state index contributed by atoms with van der Waals surface area (Å²) in [6, 6.07) is 0. The number of carbonyl (C=O) groups excluding carboxylic acids is 3. The molecule has 0 saturated heterocycles. The summed E-state index contributed by atoms with van der Waals surface area (Å²) in [5.41, 5.74) is 0. The van der Waals surface area contributed by atoms with Crippen molar-refractivity contribution in [1.29, 1.82) is 0 Å². The topological polar surface area (TPSA) is 156 Å². The predicted molar refractivity (Wildman–Crippen MR) is 169 cm³/mol. The molecule has 0 radical (unpaired) electrons. The molecule has 274 valence electrons. The maximum absolute atomic E-state index is 11.5. The van der Waals surface area contributed by atoms with Crippen LogP contribution in [0, 0.1) is 0 Å². The molecular weight excluding hydrogens is 622 g/mol. The molecule has 1 aliphatic heterocycles. The Morgan fingerprint density at radius 2 is 0.766 bits per heavy atom. The maximum atomic E-state index is 11.5. The Morgan fingerprint density at radius 3 is 1.09 bits per heavy atom. The largest absolute Gasteiger partial charge is 0.463 e. The van der Waals surface area contributed by atoms with E-state index in [1.54, 1.807) is 0 Å². The van der Waals surface area contributed by atoms with Crippen LogP contribution < -0.4 is 0 Å². The number of ether oxygens (including phenoxy) is 11. The molecule has 0 unspecified atom stereocenters. The summed E-state index contributed by atoms with van der Waals surface area (Å²) in [6.45, 7) is 11.6. The van der Waals surface area contributed by atoms with Crippen LogP contribution in [0.25, 0.3) is 0 Å². The lowest BCUT2D eigenvalue weighted by Crippen LogP contribution is -2.33. The zero-order chi connectivity index (χ0) is 33.9. The van der Waals surface area contributed by atoms with Gasteiger partial charge in [0, 0.05) is 18.6 Å². The fraction of sp³-hybridized carbons (Fsp3) is 0.844. The van der Waals surface area contributed by atoms with Gasteiger partial charge in [0.25, 0.3) is 11.8 Å². The normalized spacial score (nSPS) is 12.9. The molecular formula is C32H57NO14. The standard InChI is InChI=1S/C32H57NO14/c1-2-3-4-5-32(36)47-29-28-46-27-26-45-25-24-44-23-22-43-21-20-42-19-18-41-17-16-40-15-14-39-13-12-38-11-10-37-9-8-33-30(34)6-7-31(33)35/h6-7H,2-5,8-29H2,1H3. The summed E-state index contributed by atoms with van der Waals surface area (Å²) in [4.78, 5) is 35.4. The van der Waals surface area contributed by atoms with E-state index in [4.69, 9.17) is 52.1 Å². The SMILES string of the molecule is CCCCCC(=O)OCCOCCOCCOCCOCCOCCOCCOCCOCCOCCOCCN1C(=O)C=CC1=O. The molecule has 1 aliphatic rings. The highest BCUT2D eigenvalue weighted by molar-refractivity contribution is 6.12. The third-order valence-electron chi connectivity index (χ3n) is 6.18. The van der Waals surface area contributed by atoms with Crippen molar-refractivity contribution in [2.45, 2.75) is 32.6 Å². The summed E-state index contributed by atoms with van der Waals surface area (Å²) in [5, 5.41) is 0. The second-order valence-electron chi connectivity index (χ2n) is 9.96. The Morgan fingerprint density at radius 1 is 0.468 bits per heavy atom. The third-order valence-corrected chi connectivity index (χ3v) is 6.18. The van der Waals surface area contributed by atoms with Gasteiger partial charge >= 0.3 is 5.97 Å². The number of hydrogen-bond donors (Lipinski definition) is 0. The zero-order valence-electron chi connectivity index (χ0n) is 28.2. The van der Waals surface area contributed by atoms with Crippen molar-refractivity contribution in [3.05, 3.63) is 12.2 Å². The van der Waals surface area contributed by atoms with E-state index < -0.39 is 0 Å². The van der Waals surface area contributed by atoms with Crippen LogP contribution >= 0.6 is 0 Å². The number of imide groups is 1. The van der Waals surface area contributed by atoms with E-state index in [-0.39, 0.29) is 37.5 Å². The van der Waals surface area contributed by atoms with Gasteiger partial charge in [-0.05, 0) is 6.42 Å². The predicted octanol–water partition coefficient (Wildman–Crippen LogP) is 1.20. The van der Waals surface area contributed by atoms with E-state index in [2.05, 4.69) is 6.92 Å². The fourth-order valence-corrected chi connectivity index (χ4v) is 3.69. The first-order chi connectivity index (χ1) is 23.1. The lowest BCUT2D eigenvalue weighted by atomic mass is 10.2. The zero-order valence-corrected chi connectivity index (χ0v) is 28.2. The van der Waals surface area contributed by atoms with E-state index in [0.29, 0.717) is 132 Å². The monoisotopic (exact) mass is 679 g/mol. The highest BCUT2D eigenvalue weighted by Crippen LogP contribution is 2.02. The quantitative estimate of drug-likeness (QED) is 0.0524. The van der Waals surface area contributed by atoms with Gasteiger partial charge in [-0.2, -0.15) is 0 Å². The average molecular weight is 680 g/mol. The summed E-state index contributed by atoms with van der Waals surface area (Å²) in [5.74, 6) is -0.783. The highest BCUT2D eigenvalue weighted by atomic mass is 16.6. The molecule has 0 spiro atoms. The summed E-state index contributed by atoms with van der Waals surface area (Å²) >= 11 is 0. The minimum atomic E-state index is -0.309. The minimum Gasteiger partial charge on any atom is -0.463 e. The summed E-state index contributed by atoms with van der Waals surface area (Å²) < 4.78 is 59.4. The molecule has 0 aromatic heterocycles. The van der Waals surface area contributed by atoms with E-state index in [9.17, 15) is 14.4 Å². The van der Waals surface area contributed by atoms with Gasteiger partial charge in [0.15, 0.2) is 0 Å². The number of amides is 2. The van der Waals surface area contributed by atoms with Gasteiger partial charge < -0.3 is 52.1 Å². The van der Waals surface area contributed by atoms with Crippen molar-refractivity contribution in [2.75, 3.05) is 145 Å². The first kappa shape index (κ1) is 43.0. The number of nitrogens with zero attached hydrogens (tertiary/aromatic N) is 1. The van der Waals surface area contributed by atoms with Crippen LogP contribution in [-0.2, 0) is 66.5 Å². The van der Waals surface area contributed by atoms with Gasteiger partial charge in [-0.3, -0.25) is 19.3 Å². The van der Waals surface area contributed by atoms with Crippen LogP contribution in [0.5, 0.6) is 0 Å². The molecule has 0 aromatic rings. The van der Waals surface area contributed by atoms with Crippen molar-refractivity contribution in [3.8, 4) is 0 Å². The smallest absolute Gasteiger partial charge is 0.305 e. The van der Waals surface area contributed by atoms with Crippen molar-refractivity contribution in [2.24, 2.45) is 0 Å². The maximum Gasteiger partial charge on any atom is 0.305 e. The van der Waals surface area contributed by atoms with Gasteiger partial charge in [0.05, 0.1) is 139 Å². The molecule has 47 heavy (non-hydrogen) atoms. The van der Waals surface area contributed by atoms with Gasteiger partial charge in [-0.25, -0.2) is 0 Å². The second kappa shape index (κ2) is 33.8. The molecule has 0 aliphatic carbocycles. The van der Waals surface area contributed by atoms with Crippen LogP contribution in [0.3, 0.4) is 0 Å². The first-order valence-corrected chi connectivity index (χ1v) is 16.6. The van der Waals surface area contributed by atoms with Crippen LogP contribution in [0.2, 0.25) is 0 Å². The highest BCUT2D eigenvalue weighted by Gasteiger charge is 2.22. The molecule has 15 heteroatoms. The molecule has 0 atom stereocenters. The Bertz CT molecular complexity index is 767. The van der Waals surface area contributed by atoms with Crippen LogP contribution in [-0.4, -0.2) is 168 Å².